The monoisotopic (exact) mass is 493 g/mol. The van der Waals surface area contributed by atoms with E-state index < -0.39 is 53.8 Å². The van der Waals surface area contributed by atoms with E-state index in [1.165, 1.54) is 11.8 Å². The van der Waals surface area contributed by atoms with Gasteiger partial charge >= 0.3 is 5.97 Å². The molecule has 0 heterocycles. The highest BCUT2D eigenvalue weighted by Gasteiger charge is 2.30. The number of amides is 4. The molecule has 0 rings (SSSR count). The van der Waals surface area contributed by atoms with Crippen molar-refractivity contribution in [2.75, 3.05) is 17.8 Å². The van der Waals surface area contributed by atoms with Crippen LogP contribution in [0.5, 0.6) is 0 Å². The van der Waals surface area contributed by atoms with Gasteiger partial charge < -0.3 is 32.5 Å². The molecule has 0 spiro atoms. The Morgan fingerprint density at radius 1 is 0.938 bits per heavy atom. The standard InChI is InChI=1S/C19H35N5O6S2/c1-10(2)8-13(19(29)30)23-18(28)14(9-31)24-17(27)12(4-5-15(21)25)22-16(26)11(20)6-7-32-3/h10-14,31H,4-9,20H2,1-3H3,(H2,21,25)(H,22,26)(H,23,28)(H,24,27)(H,29,30). The Hall–Kier alpha value is -1.99. The lowest BCUT2D eigenvalue weighted by Crippen LogP contribution is -2.57. The highest BCUT2D eigenvalue weighted by Crippen LogP contribution is 2.07. The second kappa shape index (κ2) is 15.8. The van der Waals surface area contributed by atoms with Gasteiger partial charge in [0.15, 0.2) is 0 Å². The highest BCUT2D eigenvalue weighted by molar-refractivity contribution is 7.98. The third-order valence-corrected chi connectivity index (χ3v) is 5.43. The van der Waals surface area contributed by atoms with Crippen molar-refractivity contribution in [1.82, 2.24) is 16.0 Å². The third-order valence-electron chi connectivity index (χ3n) is 4.42. The van der Waals surface area contributed by atoms with E-state index in [0.717, 1.165) is 0 Å². The van der Waals surface area contributed by atoms with E-state index in [0.29, 0.717) is 12.2 Å². The molecule has 8 N–H and O–H groups in total. The first kappa shape index (κ1) is 30.0. The van der Waals surface area contributed by atoms with E-state index in [1.807, 2.05) is 20.1 Å². The molecule has 0 aromatic heterocycles. The first-order valence-electron chi connectivity index (χ1n) is 10.2. The molecule has 4 amide bonds. The number of rotatable bonds is 16. The van der Waals surface area contributed by atoms with Gasteiger partial charge in [-0.1, -0.05) is 13.8 Å². The normalized spacial score (nSPS) is 14.7. The van der Waals surface area contributed by atoms with Crippen LogP contribution in [0, 0.1) is 5.92 Å². The van der Waals surface area contributed by atoms with Gasteiger partial charge in [0.25, 0.3) is 0 Å². The lowest BCUT2D eigenvalue weighted by Gasteiger charge is -2.24. The molecule has 0 fully saturated rings. The summed E-state index contributed by atoms with van der Waals surface area (Å²) in [5.74, 6) is -3.33. The fourth-order valence-electron chi connectivity index (χ4n) is 2.64. The summed E-state index contributed by atoms with van der Waals surface area (Å²) < 4.78 is 0. The number of primary amides is 1. The first-order chi connectivity index (χ1) is 14.9. The number of nitrogens with one attached hydrogen (secondary N) is 3. The Morgan fingerprint density at radius 3 is 1.94 bits per heavy atom. The van der Waals surface area contributed by atoms with Crippen LogP contribution in [0.2, 0.25) is 0 Å². The van der Waals surface area contributed by atoms with Crippen LogP contribution in [0.15, 0.2) is 0 Å². The molecule has 0 radical (unpaired) electrons. The van der Waals surface area contributed by atoms with Crippen LogP contribution >= 0.6 is 24.4 Å². The van der Waals surface area contributed by atoms with Crippen LogP contribution in [-0.4, -0.2) is 76.6 Å². The van der Waals surface area contributed by atoms with E-state index in [9.17, 15) is 29.1 Å². The molecule has 0 aliphatic rings. The maximum absolute atomic E-state index is 12.7. The van der Waals surface area contributed by atoms with E-state index in [1.54, 1.807) is 0 Å². The topological polar surface area (TPSA) is 194 Å². The van der Waals surface area contributed by atoms with E-state index in [-0.39, 0.29) is 30.9 Å². The Bertz CT molecular complexity index is 664. The first-order valence-corrected chi connectivity index (χ1v) is 12.2. The number of thioether (sulfide) groups is 1. The maximum Gasteiger partial charge on any atom is 0.326 e. The molecule has 0 saturated heterocycles. The molecule has 0 saturated carbocycles. The van der Waals surface area contributed by atoms with E-state index in [2.05, 4.69) is 28.6 Å². The van der Waals surface area contributed by atoms with Crippen molar-refractivity contribution >= 4 is 54.0 Å². The zero-order valence-electron chi connectivity index (χ0n) is 18.6. The van der Waals surface area contributed by atoms with Gasteiger partial charge in [0.1, 0.15) is 18.1 Å². The van der Waals surface area contributed by atoms with Crippen LogP contribution in [0.4, 0.5) is 0 Å². The van der Waals surface area contributed by atoms with Gasteiger partial charge in [0.2, 0.25) is 23.6 Å². The highest BCUT2D eigenvalue weighted by atomic mass is 32.2. The van der Waals surface area contributed by atoms with Crippen molar-refractivity contribution in [2.45, 2.75) is 63.7 Å². The van der Waals surface area contributed by atoms with E-state index >= 15 is 0 Å². The van der Waals surface area contributed by atoms with Gasteiger partial charge in [0, 0.05) is 12.2 Å². The number of carboxylic acids is 1. The molecule has 0 aromatic rings. The number of thiol groups is 1. The maximum atomic E-state index is 12.7. The number of aliphatic carboxylic acids is 1. The summed E-state index contributed by atoms with van der Waals surface area (Å²) in [4.78, 5) is 60.1. The SMILES string of the molecule is CSCCC(N)C(=O)NC(CCC(N)=O)C(=O)NC(CS)C(=O)NC(CC(C)C)C(=O)O. The summed E-state index contributed by atoms with van der Waals surface area (Å²) in [6, 6.07) is -4.28. The van der Waals surface area contributed by atoms with Gasteiger partial charge in [-0.2, -0.15) is 24.4 Å². The van der Waals surface area contributed by atoms with Crippen molar-refractivity contribution in [3.05, 3.63) is 0 Å². The quantitative estimate of drug-likeness (QED) is 0.131. The van der Waals surface area contributed by atoms with Gasteiger partial charge in [-0.3, -0.25) is 19.2 Å². The molecule has 0 bridgehead atoms. The van der Waals surface area contributed by atoms with Crippen LogP contribution in [-0.2, 0) is 24.0 Å². The number of carbonyl (C=O) groups excluding carboxylic acids is 4. The molecule has 4 atom stereocenters. The van der Waals surface area contributed by atoms with Crippen LogP contribution in [0.25, 0.3) is 0 Å². The smallest absolute Gasteiger partial charge is 0.326 e. The lowest BCUT2D eigenvalue weighted by molar-refractivity contribution is -0.142. The Kier molecular flexibility index (Phi) is 14.8. The Labute approximate surface area is 198 Å². The molecule has 32 heavy (non-hydrogen) atoms. The van der Waals surface area contributed by atoms with Gasteiger partial charge in [0.05, 0.1) is 6.04 Å². The number of carbonyl (C=O) groups is 5. The summed E-state index contributed by atoms with van der Waals surface area (Å²) >= 11 is 5.58. The predicted molar refractivity (Wildman–Crippen MR) is 126 cm³/mol. The number of hydrogen-bond acceptors (Lipinski definition) is 8. The van der Waals surface area contributed by atoms with E-state index in [4.69, 9.17) is 11.5 Å². The van der Waals surface area contributed by atoms with Crippen molar-refractivity contribution in [1.29, 1.82) is 0 Å². The van der Waals surface area contributed by atoms with Crippen molar-refractivity contribution in [2.24, 2.45) is 17.4 Å². The lowest BCUT2D eigenvalue weighted by atomic mass is 10.0. The second-order valence-electron chi connectivity index (χ2n) is 7.73. The third kappa shape index (κ3) is 12.2. The van der Waals surface area contributed by atoms with Gasteiger partial charge in [-0.15, -0.1) is 0 Å². The molecular weight excluding hydrogens is 458 g/mol. The van der Waals surface area contributed by atoms with Crippen molar-refractivity contribution in [3.63, 3.8) is 0 Å². The molecule has 0 aromatic carbocycles. The summed E-state index contributed by atoms with van der Waals surface area (Å²) in [5, 5.41) is 16.6. The number of carboxylic acid groups (broad SMARTS) is 1. The minimum absolute atomic E-state index is 0.0177. The van der Waals surface area contributed by atoms with Gasteiger partial charge in [-0.25, -0.2) is 4.79 Å². The largest absolute Gasteiger partial charge is 0.480 e. The average Bonchev–Trinajstić information content (AvgIpc) is 2.71. The number of hydrogen-bond donors (Lipinski definition) is 7. The van der Waals surface area contributed by atoms with Crippen molar-refractivity contribution in [3.8, 4) is 0 Å². The summed E-state index contributed by atoms with van der Waals surface area (Å²) in [5.41, 5.74) is 11.0. The Balaban J connectivity index is 5.25. The molecule has 0 aliphatic heterocycles. The van der Waals surface area contributed by atoms with Crippen LogP contribution < -0.4 is 27.4 Å². The number of nitrogens with two attached hydrogens (primary N) is 2. The fourth-order valence-corrected chi connectivity index (χ4v) is 3.39. The minimum Gasteiger partial charge on any atom is -0.480 e. The van der Waals surface area contributed by atoms with Crippen LogP contribution in [0.3, 0.4) is 0 Å². The summed E-state index contributed by atoms with van der Waals surface area (Å²) in [6.07, 6.45) is 2.21. The summed E-state index contributed by atoms with van der Waals surface area (Å²) in [6.45, 7) is 3.63. The zero-order valence-corrected chi connectivity index (χ0v) is 20.3. The van der Waals surface area contributed by atoms with Crippen LogP contribution in [0.1, 0.15) is 39.5 Å². The van der Waals surface area contributed by atoms with Crippen molar-refractivity contribution < 1.29 is 29.1 Å². The Morgan fingerprint density at radius 2 is 1.47 bits per heavy atom. The molecule has 184 valence electrons. The van der Waals surface area contributed by atoms with Gasteiger partial charge in [-0.05, 0) is 37.2 Å². The molecule has 13 heteroatoms. The molecule has 11 nitrogen and oxygen atoms in total. The average molecular weight is 494 g/mol. The minimum atomic E-state index is -1.19. The second-order valence-corrected chi connectivity index (χ2v) is 9.08. The summed E-state index contributed by atoms with van der Waals surface area (Å²) in [7, 11) is 0. The molecule has 0 aliphatic carbocycles. The zero-order chi connectivity index (χ0) is 24.8. The molecule has 4 unspecified atom stereocenters. The fraction of sp³-hybridized carbons (Fsp3) is 0.737. The molecular formula is C19H35N5O6S2. The predicted octanol–water partition coefficient (Wildman–Crippen LogP) is -1.15.